The topological polar surface area (TPSA) is 114 Å². The molecule has 2 heterocycles. The van der Waals surface area contributed by atoms with Crippen LogP contribution in [0.25, 0.3) is 22.2 Å². The third-order valence-corrected chi connectivity index (χ3v) is 4.69. The largest absolute Gasteiger partial charge is 0.422 e. The zero-order valence-corrected chi connectivity index (χ0v) is 15.5. The fourth-order valence-corrected chi connectivity index (χ4v) is 3.11. The van der Waals surface area contributed by atoms with Crippen LogP contribution in [0.15, 0.2) is 71.7 Å². The molecule has 2 aromatic heterocycles. The lowest BCUT2D eigenvalue weighted by atomic mass is 10.0. The normalized spacial score (nSPS) is 10.8. The molecule has 29 heavy (non-hydrogen) atoms. The van der Waals surface area contributed by atoms with Gasteiger partial charge in [0.2, 0.25) is 5.91 Å². The molecule has 0 aliphatic rings. The summed E-state index contributed by atoms with van der Waals surface area (Å²) in [6.07, 6.45) is 1.50. The Balaban J connectivity index is 1.70. The van der Waals surface area contributed by atoms with Crippen molar-refractivity contribution in [3.63, 3.8) is 0 Å². The van der Waals surface area contributed by atoms with E-state index in [4.69, 9.17) is 5.73 Å². The number of fused-ring (bicyclic) bond motifs is 1. The Labute approximate surface area is 165 Å². The molecule has 0 radical (unpaired) electrons. The molecule has 8 heteroatoms. The summed E-state index contributed by atoms with van der Waals surface area (Å²) in [6, 6.07) is 18.1. The molecule has 0 aliphatic carbocycles. The van der Waals surface area contributed by atoms with Gasteiger partial charge in [-0.25, -0.2) is 9.78 Å². The number of hydrogen-bond acceptors (Lipinski definition) is 6. The van der Waals surface area contributed by atoms with Crippen LogP contribution in [0.3, 0.4) is 0 Å². The summed E-state index contributed by atoms with van der Waals surface area (Å²) in [7, 11) is 1.78. The molecular formula is C21H17N5O3. The van der Waals surface area contributed by atoms with Gasteiger partial charge >= 0.3 is 5.69 Å². The smallest absolute Gasteiger partial charge is 0.384 e. The van der Waals surface area contributed by atoms with E-state index in [-0.39, 0.29) is 5.65 Å². The van der Waals surface area contributed by atoms with Gasteiger partial charge in [0.15, 0.2) is 5.65 Å². The van der Waals surface area contributed by atoms with Crippen molar-refractivity contribution < 1.29 is 10.0 Å². The maximum atomic E-state index is 12.0. The molecule has 0 atom stereocenters. The first-order valence-corrected chi connectivity index (χ1v) is 8.77. The van der Waals surface area contributed by atoms with Gasteiger partial charge in [-0.1, -0.05) is 24.3 Å². The molecule has 2 aromatic carbocycles. The van der Waals surface area contributed by atoms with Crippen molar-refractivity contribution in [3.8, 4) is 11.1 Å². The van der Waals surface area contributed by atoms with E-state index in [9.17, 15) is 14.8 Å². The Morgan fingerprint density at radius 3 is 2.28 bits per heavy atom. The highest BCUT2D eigenvalue weighted by molar-refractivity contribution is 5.93. The Bertz CT molecular complexity index is 1260. The lowest BCUT2D eigenvalue weighted by molar-refractivity contribution is 0.100. The first-order valence-electron chi connectivity index (χ1n) is 8.77. The predicted molar refractivity (Wildman–Crippen MR) is 109 cm³/mol. The van der Waals surface area contributed by atoms with Gasteiger partial charge < -0.3 is 15.8 Å². The highest BCUT2D eigenvalue weighted by Gasteiger charge is 2.15. The van der Waals surface area contributed by atoms with Crippen LogP contribution in [-0.4, -0.2) is 32.9 Å². The van der Waals surface area contributed by atoms with Gasteiger partial charge in [-0.2, -0.15) is 4.98 Å². The van der Waals surface area contributed by atoms with E-state index < -0.39 is 11.6 Å². The van der Waals surface area contributed by atoms with E-state index in [2.05, 4.69) is 9.97 Å². The number of hydrogen-bond donors (Lipinski definition) is 2. The number of rotatable bonds is 4. The quantitative estimate of drug-likeness (QED) is 0.520. The molecule has 144 valence electrons. The summed E-state index contributed by atoms with van der Waals surface area (Å²) >= 11 is 0. The fourth-order valence-electron chi connectivity index (χ4n) is 3.11. The Morgan fingerprint density at radius 1 is 1.03 bits per heavy atom. The molecular weight excluding hydrogens is 370 g/mol. The van der Waals surface area contributed by atoms with Crippen LogP contribution in [0.5, 0.6) is 0 Å². The second-order valence-electron chi connectivity index (χ2n) is 6.45. The molecule has 0 spiro atoms. The van der Waals surface area contributed by atoms with E-state index >= 15 is 0 Å². The number of carbonyl (C=O) groups excluding carboxylic acids is 1. The average Bonchev–Trinajstić information content (AvgIpc) is 2.76. The number of benzene rings is 2. The number of primary amides is 1. The van der Waals surface area contributed by atoms with Gasteiger partial charge in [-0.05, 0) is 47.5 Å². The van der Waals surface area contributed by atoms with Crippen LogP contribution in [0.1, 0.15) is 10.4 Å². The summed E-state index contributed by atoms with van der Waals surface area (Å²) in [4.78, 5) is 33.0. The van der Waals surface area contributed by atoms with Gasteiger partial charge in [0, 0.05) is 24.5 Å². The summed E-state index contributed by atoms with van der Waals surface area (Å²) in [5.74, 6) is -0.0745. The first-order chi connectivity index (χ1) is 14.0. The second-order valence-corrected chi connectivity index (χ2v) is 6.45. The van der Waals surface area contributed by atoms with Crippen molar-refractivity contribution in [3.05, 3.63) is 82.9 Å². The minimum Gasteiger partial charge on any atom is -0.422 e. The van der Waals surface area contributed by atoms with Crippen molar-refractivity contribution in [2.24, 2.45) is 5.73 Å². The van der Waals surface area contributed by atoms with Gasteiger partial charge in [-0.15, -0.1) is 4.73 Å². The monoisotopic (exact) mass is 387 g/mol. The van der Waals surface area contributed by atoms with Gasteiger partial charge in [0.05, 0.1) is 5.39 Å². The number of aromatic nitrogens is 3. The molecule has 3 N–H and O–H groups in total. The lowest BCUT2D eigenvalue weighted by Crippen LogP contribution is -2.25. The number of anilines is 2. The zero-order chi connectivity index (χ0) is 20.5. The molecule has 4 aromatic rings. The highest BCUT2D eigenvalue weighted by Crippen LogP contribution is 2.29. The van der Waals surface area contributed by atoms with E-state index in [0.717, 1.165) is 16.8 Å². The molecule has 4 rings (SSSR count). The predicted octanol–water partition coefficient (Wildman–Crippen LogP) is 2.56. The van der Waals surface area contributed by atoms with Crippen molar-refractivity contribution in [2.75, 3.05) is 11.9 Å². The molecule has 1 amide bonds. The Kier molecular flexibility index (Phi) is 4.44. The van der Waals surface area contributed by atoms with Gasteiger partial charge in [0.25, 0.3) is 0 Å². The van der Waals surface area contributed by atoms with Crippen LogP contribution >= 0.6 is 0 Å². The molecule has 0 unspecified atom stereocenters. The number of amides is 1. The maximum Gasteiger partial charge on any atom is 0.384 e. The van der Waals surface area contributed by atoms with Crippen LogP contribution < -0.4 is 16.3 Å². The van der Waals surface area contributed by atoms with Crippen molar-refractivity contribution >= 4 is 28.4 Å². The number of carbonyl (C=O) groups is 1. The summed E-state index contributed by atoms with van der Waals surface area (Å²) in [5.41, 5.74) is 7.77. The van der Waals surface area contributed by atoms with E-state index in [0.29, 0.717) is 21.5 Å². The second kappa shape index (κ2) is 7.08. The molecule has 8 nitrogen and oxygen atoms in total. The Morgan fingerprint density at radius 2 is 1.66 bits per heavy atom. The average molecular weight is 387 g/mol. The van der Waals surface area contributed by atoms with E-state index in [1.54, 1.807) is 36.2 Å². The maximum absolute atomic E-state index is 12.0. The number of pyridine rings is 1. The van der Waals surface area contributed by atoms with Crippen molar-refractivity contribution in [1.29, 1.82) is 0 Å². The van der Waals surface area contributed by atoms with Gasteiger partial charge in [0.1, 0.15) is 5.82 Å². The van der Waals surface area contributed by atoms with E-state index in [1.807, 2.05) is 36.4 Å². The molecule has 0 aliphatic heterocycles. The molecule has 0 saturated heterocycles. The fraction of sp³-hybridized carbons (Fsp3) is 0.0476. The molecule has 0 fully saturated rings. The Hall–Kier alpha value is -4.20. The number of nitrogens with two attached hydrogens (primary N) is 1. The van der Waals surface area contributed by atoms with Crippen LogP contribution in [0.4, 0.5) is 11.5 Å². The third-order valence-electron chi connectivity index (χ3n) is 4.69. The molecule has 0 saturated carbocycles. The van der Waals surface area contributed by atoms with Crippen LogP contribution in [0.2, 0.25) is 0 Å². The van der Waals surface area contributed by atoms with Crippen LogP contribution in [-0.2, 0) is 0 Å². The summed E-state index contributed by atoms with van der Waals surface area (Å²) < 4.78 is 0.436. The van der Waals surface area contributed by atoms with Gasteiger partial charge in [-0.3, -0.25) is 4.79 Å². The molecule has 0 bridgehead atoms. The minimum absolute atomic E-state index is 0.139. The zero-order valence-electron chi connectivity index (χ0n) is 15.5. The van der Waals surface area contributed by atoms with E-state index in [1.165, 1.54) is 6.20 Å². The van der Waals surface area contributed by atoms with Crippen molar-refractivity contribution in [2.45, 2.75) is 0 Å². The summed E-state index contributed by atoms with van der Waals surface area (Å²) in [6.45, 7) is 0. The standard InChI is InChI=1S/C21H17N5O3/c1-25(20-17-3-2-12-23-19(17)26(29)21(28)24-20)16-10-8-14(9-11-16)13-4-6-15(7-5-13)18(22)27/h2-12,29H,1H3,(H2,22,27). The van der Waals surface area contributed by atoms with Crippen molar-refractivity contribution in [1.82, 2.24) is 14.7 Å². The minimum atomic E-state index is -0.802. The first kappa shape index (κ1) is 18.2. The summed E-state index contributed by atoms with van der Waals surface area (Å²) in [5, 5.41) is 10.4. The number of nitrogens with zero attached hydrogens (tertiary/aromatic N) is 4. The van der Waals surface area contributed by atoms with Crippen LogP contribution in [0, 0.1) is 0 Å². The third kappa shape index (κ3) is 3.27. The lowest BCUT2D eigenvalue weighted by Gasteiger charge is -2.20. The SMILES string of the molecule is CN(c1ccc(-c2ccc(C(N)=O)cc2)cc1)c1nc(=O)n(O)c2ncccc12. The highest BCUT2D eigenvalue weighted by atomic mass is 16.5.